The van der Waals surface area contributed by atoms with E-state index in [1.165, 1.54) is 4.52 Å². The van der Waals surface area contributed by atoms with Crippen LogP contribution in [0.3, 0.4) is 0 Å². The molecular weight excluding hydrogens is 222 g/mol. The van der Waals surface area contributed by atoms with E-state index in [0.29, 0.717) is 11.3 Å². The van der Waals surface area contributed by atoms with Gasteiger partial charge in [-0.3, -0.25) is 4.79 Å². The van der Waals surface area contributed by atoms with Crippen LogP contribution in [-0.4, -0.2) is 27.2 Å². The van der Waals surface area contributed by atoms with Crippen molar-refractivity contribution in [2.24, 2.45) is 0 Å². The fourth-order valence-corrected chi connectivity index (χ4v) is 1.89. The molecule has 2 aromatic heterocycles. The molecule has 0 atom stereocenters. The number of fused-ring (bicyclic) bond motifs is 1. The van der Waals surface area contributed by atoms with Gasteiger partial charge >= 0.3 is 0 Å². The molecule has 1 saturated heterocycles. The summed E-state index contributed by atoms with van der Waals surface area (Å²) in [6.45, 7) is 3.65. The average molecular weight is 233 g/mol. The lowest BCUT2D eigenvalue weighted by Gasteiger charge is -2.32. The Morgan fingerprint density at radius 1 is 1.47 bits per heavy atom. The van der Waals surface area contributed by atoms with Gasteiger partial charge in [0.2, 0.25) is 0 Å². The molecule has 0 N–H and O–H groups in total. The molecule has 1 aliphatic heterocycles. The number of aryl methyl sites for hydroxylation is 1. The van der Waals surface area contributed by atoms with Crippen LogP contribution in [0, 0.1) is 6.92 Å². The third kappa shape index (κ3) is 1.53. The van der Waals surface area contributed by atoms with Crippen molar-refractivity contribution >= 4 is 11.9 Å². The van der Waals surface area contributed by atoms with Crippen LogP contribution in [0.25, 0.3) is 5.65 Å². The molecule has 17 heavy (non-hydrogen) atoms. The van der Waals surface area contributed by atoms with Crippen LogP contribution in [-0.2, 0) is 9.47 Å². The molecule has 2 aromatic rings. The van der Waals surface area contributed by atoms with Gasteiger partial charge in [-0.15, -0.1) is 0 Å². The van der Waals surface area contributed by atoms with E-state index in [9.17, 15) is 4.79 Å². The van der Waals surface area contributed by atoms with Crippen LogP contribution in [0.5, 0.6) is 0 Å². The molecule has 0 amide bonds. The second-order valence-corrected chi connectivity index (χ2v) is 3.95. The number of carbonyl (C=O) groups is 1. The van der Waals surface area contributed by atoms with Crippen LogP contribution >= 0.6 is 0 Å². The molecule has 6 heteroatoms. The fourth-order valence-electron chi connectivity index (χ4n) is 1.89. The van der Waals surface area contributed by atoms with E-state index in [1.807, 2.05) is 13.8 Å². The molecule has 0 aromatic carbocycles. The first-order valence-corrected chi connectivity index (χ1v) is 5.30. The van der Waals surface area contributed by atoms with E-state index in [1.54, 1.807) is 12.3 Å². The van der Waals surface area contributed by atoms with Gasteiger partial charge in [-0.1, -0.05) is 0 Å². The lowest BCUT2D eigenvalue weighted by molar-refractivity contribution is -0.382. The quantitative estimate of drug-likeness (QED) is 0.730. The van der Waals surface area contributed by atoms with E-state index in [4.69, 9.17) is 9.47 Å². The number of rotatable bonds is 2. The molecule has 3 rings (SSSR count). The van der Waals surface area contributed by atoms with Crippen molar-refractivity contribution in [2.45, 2.75) is 26.4 Å². The summed E-state index contributed by atoms with van der Waals surface area (Å²) < 4.78 is 12.3. The molecule has 0 bridgehead atoms. The summed E-state index contributed by atoms with van der Waals surface area (Å²) >= 11 is 0. The molecule has 0 radical (unpaired) electrons. The maximum Gasteiger partial charge on any atom is 0.195 e. The summed E-state index contributed by atoms with van der Waals surface area (Å²) in [5.74, 6) is 0. The molecule has 0 saturated carbocycles. The van der Waals surface area contributed by atoms with E-state index in [2.05, 4.69) is 10.1 Å². The Balaban J connectivity index is 2.14. The highest BCUT2D eigenvalue weighted by atomic mass is 16.9. The van der Waals surface area contributed by atoms with Crippen molar-refractivity contribution < 1.29 is 14.3 Å². The Bertz CT molecular complexity index is 587. The molecule has 3 heterocycles. The highest BCUT2D eigenvalue weighted by Gasteiger charge is 2.31. The first-order chi connectivity index (χ1) is 8.19. The highest BCUT2D eigenvalue weighted by Crippen LogP contribution is 2.33. The standard InChI is InChI=1S/C11H11N3O3/c1-6-3-8(5-15)14-10(13-6)9(4-12-14)11-16-7(2)17-11/h3-5,7,11H,1-2H3. The van der Waals surface area contributed by atoms with Crippen molar-refractivity contribution in [1.82, 2.24) is 14.6 Å². The first kappa shape index (κ1) is 10.4. The Morgan fingerprint density at radius 2 is 2.24 bits per heavy atom. The van der Waals surface area contributed by atoms with Crippen LogP contribution in [0.1, 0.15) is 35.0 Å². The van der Waals surface area contributed by atoms with Crippen molar-refractivity contribution in [2.75, 3.05) is 0 Å². The molecule has 0 aliphatic carbocycles. The van der Waals surface area contributed by atoms with Crippen LogP contribution in [0.4, 0.5) is 0 Å². The maximum atomic E-state index is 10.9. The Hall–Kier alpha value is -1.79. The fraction of sp³-hybridized carbons (Fsp3) is 0.364. The van der Waals surface area contributed by atoms with Gasteiger partial charge in [-0.05, 0) is 19.9 Å². The van der Waals surface area contributed by atoms with Crippen molar-refractivity contribution in [3.8, 4) is 0 Å². The van der Waals surface area contributed by atoms with E-state index in [-0.39, 0.29) is 6.29 Å². The number of aromatic nitrogens is 3. The first-order valence-electron chi connectivity index (χ1n) is 5.30. The summed E-state index contributed by atoms with van der Waals surface area (Å²) in [5, 5.41) is 4.12. The van der Waals surface area contributed by atoms with Gasteiger partial charge < -0.3 is 9.47 Å². The third-order valence-corrected chi connectivity index (χ3v) is 2.66. The van der Waals surface area contributed by atoms with Crippen LogP contribution in [0.15, 0.2) is 12.3 Å². The average Bonchev–Trinajstić information content (AvgIpc) is 2.67. The monoisotopic (exact) mass is 233 g/mol. The Kier molecular flexibility index (Phi) is 2.20. The zero-order valence-electron chi connectivity index (χ0n) is 9.45. The van der Waals surface area contributed by atoms with Crippen molar-refractivity contribution in [1.29, 1.82) is 0 Å². The predicted molar refractivity (Wildman–Crippen MR) is 57.5 cm³/mol. The minimum atomic E-state index is -0.434. The predicted octanol–water partition coefficient (Wildman–Crippen LogP) is 1.24. The summed E-state index contributed by atoms with van der Waals surface area (Å²) in [5.41, 5.74) is 2.57. The maximum absolute atomic E-state index is 10.9. The van der Waals surface area contributed by atoms with Gasteiger partial charge in [0.15, 0.2) is 24.5 Å². The van der Waals surface area contributed by atoms with Gasteiger partial charge in [-0.25, -0.2) is 9.50 Å². The molecular formula is C11H11N3O3. The largest absolute Gasteiger partial charge is 0.319 e. The van der Waals surface area contributed by atoms with E-state index in [0.717, 1.165) is 17.5 Å². The number of nitrogens with zero attached hydrogens (tertiary/aromatic N) is 3. The number of hydrogen-bond acceptors (Lipinski definition) is 5. The summed E-state index contributed by atoms with van der Waals surface area (Å²) in [6.07, 6.45) is 1.73. The lowest BCUT2D eigenvalue weighted by atomic mass is 10.3. The number of ether oxygens (including phenoxy) is 2. The SMILES string of the molecule is Cc1cc(C=O)n2ncc(C3OC(C)O3)c2n1. The molecule has 6 nitrogen and oxygen atoms in total. The molecule has 1 aliphatic rings. The van der Waals surface area contributed by atoms with E-state index < -0.39 is 6.29 Å². The highest BCUT2D eigenvalue weighted by molar-refractivity contribution is 5.74. The lowest BCUT2D eigenvalue weighted by Crippen LogP contribution is -2.31. The van der Waals surface area contributed by atoms with Gasteiger partial charge in [0.05, 0.1) is 11.8 Å². The Morgan fingerprint density at radius 3 is 2.88 bits per heavy atom. The molecule has 0 unspecified atom stereocenters. The number of carbonyl (C=O) groups excluding carboxylic acids is 1. The molecule has 1 fully saturated rings. The second-order valence-electron chi connectivity index (χ2n) is 3.95. The van der Waals surface area contributed by atoms with E-state index >= 15 is 0 Å². The molecule has 88 valence electrons. The zero-order chi connectivity index (χ0) is 12.0. The minimum Gasteiger partial charge on any atom is -0.319 e. The van der Waals surface area contributed by atoms with Gasteiger partial charge in [0, 0.05) is 5.69 Å². The van der Waals surface area contributed by atoms with Crippen LogP contribution < -0.4 is 0 Å². The Labute approximate surface area is 97.2 Å². The molecule has 0 spiro atoms. The minimum absolute atomic E-state index is 0.203. The zero-order valence-corrected chi connectivity index (χ0v) is 9.45. The second kappa shape index (κ2) is 3.61. The third-order valence-electron chi connectivity index (χ3n) is 2.66. The van der Waals surface area contributed by atoms with Crippen LogP contribution in [0.2, 0.25) is 0 Å². The summed E-state index contributed by atoms with van der Waals surface area (Å²) in [6, 6.07) is 1.68. The van der Waals surface area contributed by atoms with Gasteiger partial charge in [0.25, 0.3) is 0 Å². The smallest absolute Gasteiger partial charge is 0.195 e. The number of aldehydes is 1. The normalized spacial score (nSPS) is 23.6. The van der Waals surface area contributed by atoms with Crippen molar-refractivity contribution in [3.63, 3.8) is 0 Å². The number of hydrogen-bond donors (Lipinski definition) is 0. The van der Waals surface area contributed by atoms with Crippen molar-refractivity contribution in [3.05, 3.63) is 29.2 Å². The topological polar surface area (TPSA) is 65.7 Å². The van der Waals surface area contributed by atoms with Gasteiger partial charge in [0.1, 0.15) is 5.69 Å². The van der Waals surface area contributed by atoms with Gasteiger partial charge in [-0.2, -0.15) is 5.10 Å². The summed E-state index contributed by atoms with van der Waals surface area (Å²) in [4.78, 5) is 15.3. The summed E-state index contributed by atoms with van der Waals surface area (Å²) in [7, 11) is 0.